The third-order valence-corrected chi connectivity index (χ3v) is 2.89. The SMILES string of the molecule is CN(CCC(=O)Nc1ccccc1CN)CC(C)(C)O. The summed E-state index contributed by atoms with van der Waals surface area (Å²) in [5.74, 6) is -0.0477. The van der Waals surface area contributed by atoms with Crippen molar-refractivity contribution in [2.45, 2.75) is 32.4 Å². The summed E-state index contributed by atoms with van der Waals surface area (Å²) < 4.78 is 0. The standard InChI is InChI=1S/C15H25N3O2/c1-15(2,20)11-18(3)9-8-14(19)17-13-7-5-4-6-12(13)10-16/h4-7,20H,8-11,16H2,1-3H3,(H,17,19). The molecule has 0 saturated carbocycles. The summed E-state index contributed by atoms with van der Waals surface area (Å²) >= 11 is 0. The molecule has 0 aliphatic carbocycles. The van der Waals surface area contributed by atoms with Gasteiger partial charge in [-0.1, -0.05) is 18.2 Å². The molecule has 0 aliphatic rings. The maximum atomic E-state index is 11.9. The van der Waals surface area contributed by atoms with Crippen LogP contribution in [0.15, 0.2) is 24.3 Å². The predicted molar refractivity (Wildman–Crippen MR) is 81.4 cm³/mol. The average Bonchev–Trinajstić information content (AvgIpc) is 2.35. The van der Waals surface area contributed by atoms with Gasteiger partial charge in [0.1, 0.15) is 0 Å². The number of nitrogens with two attached hydrogens (primary N) is 1. The van der Waals surface area contributed by atoms with E-state index in [1.807, 2.05) is 36.2 Å². The highest BCUT2D eigenvalue weighted by Crippen LogP contribution is 2.14. The van der Waals surface area contributed by atoms with E-state index >= 15 is 0 Å². The first-order valence-electron chi connectivity index (χ1n) is 6.80. The van der Waals surface area contributed by atoms with Gasteiger partial charge < -0.3 is 21.1 Å². The van der Waals surface area contributed by atoms with Crippen molar-refractivity contribution in [1.29, 1.82) is 0 Å². The Labute approximate surface area is 120 Å². The van der Waals surface area contributed by atoms with Gasteiger partial charge in [-0.3, -0.25) is 4.79 Å². The molecule has 0 aliphatic heterocycles. The van der Waals surface area contributed by atoms with E-state index in [0.717, 1.165) is 11.3 Å². The summed E-state index contributed by atoms with van der Waals surface area (Å²) in [5.41, 5.74) is 6.57. The third-order valence-electron chi connectivity index (χ3n) is 2.89. The quantitative estimate of drug-likeness (QED) is 0.700. The average molecular weight is 279 g/mol. The highest BCUT2D eigenvalue weighted by atomic mass is 16.3. The van der Waals surface area contributed by atoms with E-state index in [-0.39, 0.29) is 5.91 Å². The van der Waals surface area contributed by atoms with E-state index in [1.165, 1.54) is 0 Å². The molecule has 0 heterocycles. The van der Waals surface area contributed by atoms with Crippen LogP contribution in [0.1, 0.15) is 25.8 Å². The summed E-state index contributed by atoms with van der Waals surface area (Å²) in [6.45, 7) is 5.03. The summed E-state index contributed by atoms with van der Waals surface area (Å²) in [6.07, 6.45) is 0.380. The number of benzene rings is 1. The number of hydrogen-bond donors (Lipinski definition) is 3. The topological polar surface area (TPSA) is 78.6 Å². The van der Waals surface area contributed by atoms with Crippen LogP contribution >= 0.6 is 0 Å². The van der Waals surface area contributed by atoms with Crippen molar-refractivity contribution in [1.82, 2.24) is 4.90 Å². The molecule has 0 radical (unpaired) electrons. The Balaban J connectivity index is 2.44. The number of carbonyl (C=O) groups is 1. The van der Waals surface area contributed by atoms with E-state index in [2.05, 4.69) is 5.32 Å². The largest absolute Gasteiger partial charge is 0.389 e. The molecular formula is C15H25N3O2. The first kappa shape index (κ1) is 16.6. The minimum Gasteiger partial charge on any atom is -0.389 e. The number of carbonyl (C=O) groups excluding carboxylic acids is 1. The van der Waals surface area contributed by atoms with Crippen molar-refractivity contribution in [2.24, 2.45) is 5.73 Å². The Morgan fingerprint density at radius 1 is 1.40 bits per heavy atom. The Kier molecular flexibility index (Phi) is 6.13. The van der Waals surface area contributed by atoms with E-state index in [1.54, 1.807) is 13.8 Å². The van der Waals surface area contributed by atoms with Crippen LogP contribution in [0.5, 0.6) is 0 Å². The van der Waals surface area contributed by atoms with Gasteiger partial charge in [0.05, 0.1) is 5.60 Å². The Hall–Kier alpha value is -1.43. The molecule has 1 aromatic carbocycles. The number of rotatable bonds is 7. The molecular weight excluding hydrogens is 254 g/mol. The molecule has 0 aromatic heterocycles. The van der Waals surface area contributed by atoms with Gasteiger partial charge in [-0.25, -0.2) is 0 Å². The fraction of sp³-hybridized carbons (Fsp3) is 0.533. The normalized spacial score (nSPS) is 11.7. The Bertz CT molecular complexity index is 441. The molecule has 1 rings (SSSR count). The Morgan fingerprint density at radius 2 is 2.05 bits per heavy atom. The fourth-order valence-corrected chi connectivity index (χ4v) is 2.06. The second-order valence-electron chi connectivity index (χ2n) is 5.71. The Morgan fingerprint density at radius 3 is 2.65 bits per heavy atom. The zero-order valence-corrected chi connectivity index (χ0v) is 12.5. The van der Waals surface area contributed by atoms with Gasteiger partial charge in [-0.05, 0) is 32.5 Å². The van der Waals surface area contributed by atoms with Crippen LogP contribution in [-0.2, 0) is 11.3 Å². The van der Waals surface area contributed by atoms with Crippen LogP contribution in [-0.4, -0.2) is 41.7 Å². The van der Waals surface area contributed by atoms with Crippen molar-refractivity contribution >= 4 is 11.6 Å². The van der Waals surface area contributed by atoms with Crippen LogP contribution in [0.4, 0.5) is 5.69 Å². The molecule has 5 heteroatoms. The van der Waals surface area contributed by atoms with Crippen LogP contribution in [0.25, 0.3) is 0 Å². The second-order valence-corrected chi connectivity index (χ2v) is 5.71. The number of nitrogens with zero attached hydrogens (tertiary/aromatic N) is 1. The molecule has 0 saturated heterocycles. The highest BCUT2D eigenvalue weighted by Gasteiger charge is 2.16. The molecule has 5 nitrogen and oxygen atoms in total. The maximum Gasteiger partial charge on any atom is 0.225 e. The van der Waals surface area contributed by atoms with E-state index in [0.29, 0.717) is 26.1 Å². The lowest BCUT2D eigenvalue weighted by Crippen LogP contribution is -2.37. The highest BCUT2D eigenvalue weighted by molar-refractivity contribution is 5.91. The number of nitrogens with one attached hydrogen (secondary N) is 1. The molecule has 112 valence electrons. The summed E-state index contributed by atoms with van der Waals surface area (Å²) in [5, 5.41) is 12.6. The van der Waals surface area contributed by atoms with Crippen molar-refractivity contribution in [3.8, 4) is 0 Å². The molecule has 0 spiro atoms. The number of para-hydroxylation sites is 1. The van der Waals surface area contributed by atoms with Gasteiger partial charge in [0, 0.05) is 31.7 Å². The van der Waals surface area contributed by atoms with Gasteiger partial charge in [0.25, 0.3) is 0 Å². The minimum absolute atomic E-state index is 0.0477. The third kappa shape index (κ3) is 6.14. The number of aliphatic hydroxyl groups is 1. The first-order valence-corrected chi connectivity index (χ1v) is 6.80. The number of anilines is 1. The number of amides is 1. The summed E-state index contributed by atoms with van der Waals surface area (Å²) in [6, 6.07) is 7.51. The second kappa shape index (κ2) is 7.38. The van der Waals surface area contributed by atoms with Gasteiger partial charge in [-0.15, -0.1) is 0 Å². The number of hydrogen-bond acceptors (Lipinski definition) is 4. The van der Waals surface area contributed by atoms with Crippen LogP contribution in [0, 0.1) is 0 Å². The number of likely N-dealkylation sites (N-methyl/N-ethyl adjacent to an activating group) is 1. The van der Waals surface area contributed by atoms with E-state index < -0.39 is 5.60 Å². The first-order chi connectivity index (χ1) is 9.31. The molecule has 0 atom stereocenters. The van der Waals surface area contributed by atoms with E-state index in [9.17, 15) is 9.90 Å². The molecule has 0 bridgehead atoms. The van der Waals surface area contributed by atoms with Crippen molar-refractivity contribution < 1.29 is 9.90 Å². The van der Waals surface area contributed by atoms with Gasteiger partial charge in [0.2, 0.25) is 5.91 Å². The molecule has 1 aromatic rings. The zero-order valence-electron chi connectivity index (χ0n) is 12.5. The lowest BCUT2D eigenvalue weighted by molar-refractivity contribution is -0.116. The summed E-state index contributed by atoms with van der Waals surface area (Å²) in [7, 11) is 1.89. The molecule has 1 amide bonds. The lowest BCUT2D eigenvalue weighted by Gasteiger charge is -2.25. The van der Waals surface area contributed by atoms with Crippen LogP contribution in [0.2, 0.25) is 0 Å². The summed E-state index contributed by atoms with van der Waals surface area (Å²) in [4.78, 5) is 13.8. The molecule has 0 unspecified atom stereocenters. The molecule has 0 fully saturated rings. The molecule has 20 heavy (non-hydrogen) atoms. The van der Waals surface area contributed by atoms with Crippen LogP contribution < -0.4 is 11.1 Å². The lowest BCUT2D eigenvalue weighted by atomic mass is 10.1. The fourth-order valence-electron chi connectivity index (χ4n) is 2.06. The van der Waals surface area contributed by atoms with Crippen molar-refractivity contribution in [3.05, 3.63) is 29.8 Å². The molecule has 4 N–H and O–H groups in total. The smallest absolute Gasteiger partial charge is 0.225 e. The maximum absolute atomic E-state index is 11.9. The minimum atomic E-state index is -0.753. The van der Waals surface area contributed by atoms with Crippen molar-refractivity contribution in [3.63, 3.8) is 0 Å². The van der Waals surface area contributed by atoms with Gasteiger partial charge in [0.15, 0.2) is 0 Å². The van der Waals surface area contributed by atoms with E-state index in [4.69, 9.17) is 5.73 Å². The predicted octanol–water partition coefficient (Wildman–Crippen LogP) is 1.18. The zero-order chi connectivity index (χ0) is 15.2. The monoisotopic (exact) mass is 279 g/mol. The van der Waals surface area contributed by atoms with Gasteiger partial charge >= 0.3 is 0 Å². The van der Waals surface area contributed by atoms with Crippen LogP contribution in [0.3, 0.4) is 0 Å². The van der Waals surface area contributed by atoms with Crippen molar-refractivity contribution in [2.75, 3.05) is 25.5 Å². The van der Waals surface area contributed by atoms with Gasteiger partial charge in [-0.2, -0.15) is 0 Å².